The van der Waals surface area contributed by atoms with Crippen molar-refractivity contribution in [2.45, 2.75) is 45.8 Å². The number of nitrogens with two attached hydrogens (primary N) is 1. The Labute approximate surface area is 63.4 Å². The van der Waals surface area contributed by atoms with Crippen molar-refractivity contribution in [3.8, 4) is 0 Å². The lowest BCUT2D eigenvalue weighted by atomic mass is 9.87. The lowest BCUT2D eigenvalue weighted by Crippen LogP contribution is -2.48. The average Bonchev–Trinajstić information content (AvgIpc) is 1.83. The van der Waals surface area contributed by atoms with E-state index >= 15 is 0 Å². The summed E-state index contributed by atoms with van der Waals surface area (Å²) in [5, 5.41) is 9.53. The first-order valence-corrected chi connectivity index (χ1v) is 3.86. The number of hydrogen-bond acceptors (Lipinski definition) is 2. The first-order valence-electron chi connectivity index (χ1n) is 3.86. The summed E-state index contributed by atoms with van der Waals surface area (Å²) in [6.45, 7) is 7.77. The van der Waals surface area contributed by atoms with Crippen LogP contribution >= 0.6 is 0 Å². The summed E-state index contributed by atoms with van der Waals surface area (Å²) in [6, 6.07) is 0. The monoisotopic (exact) mass is 145 g/mol. The summed E-state index contributed by atoms with van der Waals surface area (Å²) in [7, 11) is 0. The summed E-state index contributed by atoms with van der Waals surface area (Å²) < 4.78 is 0. The van der Waals surface area contributed by atoms with Crippen LogP contribution in [0.25, 0.3) is 0 Å². The molecule has 0 aromatic heterocycles. The molecule has 0 saturated carbocycles. The zero-order valence-corrected chi connectivity index (χ0v) is 7.39. The fourth-order valence-electron chi connectivity index (χ4n) is 0.957. The Balaban J connectivity index is 3.94. The van der Waals surface area contributed by atoms with Crippen molar-refractivity contribution in [1.29, 1.82) is 0 Å². The van der Waals surface area contributed by atoms with Gasteiger partial charge in [0.15, 0.2) is 0 Å². The molecule has 0 rings (SSSR count). The lowest BCUT2D eigenvalue weighted by molar-refractivity contribution is 0.0529. The van der Waals surface area contributed by atoms with Gasteiger partial charge in [-0.3, -0.25) is 0 Å². The Morgan fingerprint density at radius 1 is 1.50 bits per heavy atom. The first kappa shape index (κ1) is 9.92. The first-order chi connectivity index (χ1) is 4.39. The van der Waals surface area contributed by atoms with Crippen LogP contribution in [-0.4, -0.2) is 16.7 Å². The Morgan fingerprint density at radius 2 is 1.90 bits per heavy atom. The molecule has 2 heteroatoms. The van der Waals surface area contributed by atoms with Crippen molar-refractivity contribution < 1.29 is 5.11 Å². The van der Waals surface area contributed by atoms with Crippen LogP contribution in [-0.2, 0) is 0 Å². The smallest absolute Gasteiger partial charge is 0.0739 e. The molecule has 0 radical (unpaired) electrons. The van der Waals surface area contributed by atoms with Crippen molar-refractivity contribution in [2.24, 2.45) is 11.7 Å². The molecular weight excluding hydrogens is 126 g/mol. The predicted octanol–water partition coefficient (Wildman–Crippen LogP) is 1.13. The van der Waals surface area contributed by atoms with Gasteiger partial charge in [-0.2, -0.15) is 0 Å². The molecule has 0 saturated heterocycles. The van der Waals surface area contributed by atoms with Crippen LogP contribution in [0.3, 0.4) is 0 Å². The Kier molecular flexibility index (Phi) is 3.33. The third-order valence-corrected chi connectivity index (χ3v) is 1.95. The minimum absolute atomic E-state index is 0.292. The molecule has 0 amide bonds. The highest BCUT2D eigenvalue weighted by Gasteiger charge is 2.26. The molecule has 0 spiro atoms. The minimum Gasteiger partial charge on any atom is -0.391 e. The average molecular weight is 145 g/mol. The van der Waals surface area contributed by atoms with E-state index in [1.807, 2.05) is 20.8 Å². The highest BCUT2D eigenvalue weighted by Crippen LogP contribution is 2.16. The third kappa shape index (κ3) is 2.67. The predicted molar refractivity (Wildman–Crippen MR) is 43.7 cm³/mol. The summed E-state index contributed by atoms with van der Waals surface area (Å²) in [5.74, 6) is 0.292. The van der Waals surface area contributed by atoms with Gasteiger partial charge < -0.3 is 10.8 Å². The van der Waals surface area contributed by atoms with E-state index in [1.165, 1.54) is 0 Å². The molecule has 0 fully saturated rings. The van der Waals surface area contributed by atoms with E-state index in [0.717, 1.165) is 6.42 Å². The van der Waals surface area contributed by atoms with E-state index in [1.54, 1.807) is 0 Å². The molecule has 0 heterocycles. The van der Waals surface area contributed by atoms with E-state index in [0.29, 0.717) is 5.92 Å². The molecule has 10 heavy (non-hydrogen) atoms. The van der Waals surface area contributed by atoms with Crippen LogP contribution in [0.5, 0.6) is 0 Å². The van der Waals surface area contributed by atoms with Crippen LogP contribution < -0.4 is 5.73 Å². The van der Waals surface area contributed by atoms with Gasteiger partial charge in [-0.15, -0.1) is 0 Å². The van der Waals surface area contributed by atoms with Crippen LogP contribution in [0.4, 0.5) is 0 Å². The van der Waals surface area contributed by atoms with Gasteiger partial charge in [0.05, 0.1) is 6.10 Å². The van der Waals surface area contributed by atoms with Gasteiger partial charge in [0.25, 0.3) is 0 Å². The van der Waals surface area contributed by atoms with E-state index in [-0.39, 0.29) is 0 Å². The Morgan fingerprint density at radius 3 is 2.00 bits per heavy atom. The molecular formula is C8H19NO. The Hall–Kier alpha value is -0.0800. The van der Waals surface area contributed by atoms with Gasteiger partial charge in [0.1, 0.15) is 0 Å². The molecule has 0 bridgehead atoms. The van der Waals surface area contributed by atoms with E-state index in [9.17, 15) is 5.11 Å². The second-order valence-electron chi connectivity index (χ2n) is 3.65. The van der Waals surface area contributed by atoms with Gasteiger partial charge in [0, 0.05) is 5.54 Å². The van der Waals surface area contributed by atoms with Crippen LogP contribution in [0, 0.1) is 5.92 Å². The van der Waals surface area contributed by atoms with Gasteiger partial charge in [0.2, 0.25) is 0 Å². The number of aliphatic hydroxyl groups excluding tert-OH is 1. The van der Waals surface area contributed by atoms with Crippen molar-refractivity contribution in [3.05, 3.63) is 0 Å². The van der Waals surface area contributed by atoms with Crippen molar-refractivity contribution in [1.82, 2.24) is 0 Å². The maximum atomic E-state index is 9.53. The fraction of sp³-hybridized carbons (Fsp3) is 1.00. The molecule has 0 aromatic rings. The normalized spacial score (nSPS) is 18.6. The van der Waals surface area contributed by atoms with Crippen molar-refractivity contribution in [2.75, 3.05) is 0 Å². The standard InChI is InChI=1S/C8H19NO/c1-5-6(2)7(10)8(3,4)9/h6-7,10H,5,9H2,1-4H3. The minimum atomic E-state index is -0.463. The molecule has 62 valence electrons. The zero-order chi connectivity index (χ0) is 8.36. The quantitative estimate of drug-likeness (QED) is 0.625. The maximum absolute atomic E-state index is 9.53. The van der Waals surface area contributed by atoms with Gasteiger partial charge in [-0.1, -0.05) is 20.3 Å². The van der Waals surface area contributed by atoms with E-state index in [2.05, 4.69) is 6.92 Å². The molecule has 2 unspecified atom stereocenters. The molecule has 2 nitrogen and oxygen atoms in total. The number of aliphatic hydroxyl groups is 1. The summed E-state index contributed by atoms with van der Waals surface area (Å²) in [4.78, 5) is 0. The largest absolute Gasteiger partial charge is 0.391 e. The van der Waals surface area contributed by atoms with Crippen LogP contribution in [0.15, 0.2) is 0 Å². The molecule has 3 N–H and O–H groups in total. The van der Waals surface area contributed by atoms with Crippen molar-refractivity contribution in [3.63, 3.8) is 0 Å². The molecule has 0 aliphatic rings. The Bertz CT molecular complexity index is 95.9. The number of rotatable bonds is 3. The molecule has 0 aromatic carbocycles. The van der Waals surface area contributed by atoms with Crippen LogP contribution in [0.1, 0.15) is 34.1 Å². The topological polar surface area (TPSA) is 46.2 Å². The number of hydrogen-bond donors (Lipinski definition) is 2. The van der Waals surface area contributed by atoms with Gasteiger partial charge in [-0.05, 0) is 19.8 Å². The SMILES string of the molecule is CCC(C)C(O)C(C)(C)N. The lowest BCUT2D eigenvalue weighted by Gasteiger charge is -2.30. The summed E-state index contributed by atoms with van der Waals surface area (Å²) >= 11 is 0. The fourth-order valence-corrected chi connectivity index (χ4v) is 0.957. The van der Waals surface area contributed by atoms with Gasteiger partial charge in [-0.25, -0.2) is 0 Å². The van der Waals surface area contributed by atoms with Gasteiger partial charge >= 0.3 is 0 Å². The zero-order valence-electron chi connectivity index (χ0n) is 7.39. The highest BCUT2D eigenvalue weighted by atomic mass is 16.3. The molecule has 0 aliphatic heterocycles. The third-order valence-electron chi connectivity index (χ3n) is 1.95. The van der Waals surface area contributed by atoms with Crippen LogP contribution in [0.2, 0.25) is 0 Å². The molecule has 2 atom stereocenters. The van der Waals surface area contributed by atoms with E-state index in [4.69, 9.17) is 5.73 Å². The highest BCUT2D eigenvalue weighted by molar-refractivity contribution is 4.84. The maximum Gasteiger partial charge on any atom is 0.0739 e. The summed E-state index contributed by atoms with van der Waals surface area (Å²) in [6.07, 6.45) is 0.583. The van der Waals surface area contributed by atoms with Crippen molar-refractivity contribution >= 4 is 0 Å². The second kappa shape index (κ2) is 3.35. The van der Waals surface area contributed by atoms with E-state index < -0.39 is 11.6 Å². The summed E-state index contributed by atoms with van der Waals surface area (Å²) in [5.41, 5.74) is 5.24. The second-order valence-corrected chi connectivity index (χ2v) is 3.65. The molecule has 0 aliphatic carbocycles.